The third-order valence-electron chi connectivity index (χ3n) is 12.8. The number of rotatable bonds is 0. The van der Waals surface area contributed by atoms with Gasteiger partial charge in [0.2, 0.25) is 11.6 Å². The van der Waals surface area contributed by atoms with Gasteiger partial charge in [-0.05, 0) is 98.5 Å². The lowest BCUT2D eigenvalue weighted by atomic mass is 10.0. The molecule has 0 radical (unpaired) electrons. The Labute approximate surface area is 318 Å². The lowest BCUT2D eigenvalue weighted by Gasteiger charge is -2.56. The Morgan fingerprint density at radius 1 is 0.370 bits per heavy atom. The Hall–Kier alpha value is -6.16. The van der Waals surface area contributed by atoms with E-state index in [-0.39, 0.29) is 23.9 Å². The smallest absolute Gasteiger partial charge is 0.241 e. The van der Waals surface area contributed by atoms with Crippen LogP contribution in [0.1, 0.15) is 22.3 Å². The van der Waals surface area contributed by atoms with Crippen LogP contribution in [0.4, 0.5) is 45.5 Å². The molecule has 0 saturated carbocycles. The summed E-state index contributed by atoms with van der Waals surface area (Å²) in [5, 5.41) is 0. The van der Waals surface area contributed by atoms with E-state index in [9.17, 15) is 0 Å². The number of likely N-dealkylation sites (N-methyl/N-ethyl adjacent to an activating group) is 4. The highest BCUT2D eigenvalue weighted by Crippen LogP contribution is 2.62. The number of hydrogen-bond acceptors (Lipinski definition) is 10. The van der Waals surface area contributed by atoms with Crippen LogP contribution in [0.15, 0.2) is 122 Å². The van der Waals surface area contributed by atoms with Crippen LogP contribution in [0, 0.1) is 27.7 Å². The molecule has 2 spiro atoms. The molecule has 0 saturated heterocycles. The van der Waals surface area contributed by atoms with Crippen molar-refractivity contribution in [2.75, 3.05) is 57.6 Å². The van der Waals surface area contributed by atoms with Crippen LogP contribution in [0.3, 0.4) is 0 Å². The fourth-order valence-corrected chi connectivity index (χ4v) is 10.5. The lowest BCUT2D eigenvalue weighted by Crippen LogP contribution is -2.74. The van der Waals surface area contributed by atoms with E-state index in [0.29, 0.717) is 0 Å². The minimum Gasteiger partial charge on any atom is -0.354 e. The first-order valence-corrected chi connectivity index (χ1v) is 18.9. The molecule has 0 amide bonds. The molecule has 4 atom stereocenters. The van der Waals surface area contributed by atoms with Crippen molar-refractivity contribution in [2.24, 2.45) is 0 Å². The van der Waals surface area contributed by atoms with Gasteiger partial charge in [0.1, 0.15) is 0 Å². The van der Waals surface area contributed by atoms with Crippen LogP contribution < -0.4 is 29.4 Å². The van der Waals surface area contributed by atoms with Crippen molar-refractivity contribution in [1.82, 2.24) is 19.6 Å². The van der Waals surface area contributed by atoms with Crippen molar-refractivity contribution >= 4 is 45.5 Å². The Balaban J connectivity index is 0.000000126. The molecule has 272 valence electrons. The summed E-state index contributed by atoms with van der Waals surface area (Å²) in [5.41, 5.74) is 15.2. The Bertz CT molecular complexity index is 2250. The van der Waals surface area contributed by atoms with Gasteiger partial charge in [-0.15, -0.1) is 0 Å². The zero-order valence-corrected chi connectivity index (χ0v) is 32.2. The van der Waals surface area contributed by atoms with E-state index < -0.39 is 0 Å². The second kappa shape index (κ2) is 10.3. The molecule has 0 fully saturated rings. The van der Waals surface area contributed by atoms with E-state index in [4.69, 9.17) is 0 Å². The predicted molar refractivity (Wildman–Crippen MR) is 220 cm³/mol. The minimum atomic E-state index is -0.351. The molecule has 0 aliphatic carbocycles. The number of hydrogen-bond donors (Lipinski definition) is 0. The highest BCUT2D eigenvalue weighted by Gasteiger charge is 2.67. The SMILES string of the molecule is Cc1ccc2c(c1)N1C=CN(C)[C@@H]1[C@@]13N(C)C=CN1c1cc(C)ccc1N23.Cc1ccc2c(c1)N1C=CN(C)[C@H]1[C@]13N(C)C=CN1c1cc(C)ccc1N23. The Kier molecular flexibility index (Phi) is 5.97. The molecule has 0 unspecified atom stereocenters. The second-order valence-electron chi connectivity index (χ2n) is 16.1. The van der Waals surface area contributed by atoms with Crippen molar-refractivity contribution in [3.05, 3.63) is 145 Å². The van der Waals surface area contributed by atoms with Gasteiger partial charge in [0.05, 0.1) is 45.5 Å². The number of nitrogens with zero attached hydrogens (tertiary/aromatic N) is 10. The molecule has 10 nitrogen and oxygen atoms in total. The van der Waals surface area contributed by atoms with Gasteiger partial charge in [-0.1, -0.05) is 24.3 Å². The molecule has 8 aliphatic heterocycles. The van der Waals surface area contributed by atoms with Crippen molar-refractivity contribution in [1.29, 1.82) is 0 Å². The highest BCUT2D eigenvalue weighted by atomic mass is 15.7. The van der Waals surface area contributed by atoms with Crippen LogP contribution in [0.25, 0.3) is 0 Å². The van der Waals surface area contributed by atoms with E-state index in [1.54, 1.807) is 0 Å². The Morgan fingerprint density at radius 3 is 1.07 bits per heavy atom. The number of anilines is 8. The summed E-state index contributed by atoms with van der Waals surface area (Å²) in [6.45, 7) is 8.67. The summed E-state index contributed by atoms with van der Waals surface area (Å²) >= 11 is 0. The van der Waals surface area contributed by atoms with Gasteiger partial charge in [-0.3, -0.25) is 9.80 Å². The standard InChI is InChI=1S/2C22H23N5/c2*1-15-5-7-17-19(13-15)25-11-9-23(3)21(25)22-24(4)10-12-26(22)20-14-16(2)6-8-18(20)27(17)22/h2*5-14,21H,1-4H3/t2*21-,22+/m10/s1. The molecule has 4 aromatic rings. The van der Waals surface area contributed by atoms with Crippen LogP contribution in [-0.2, 0) is 0 Å². The normalized spacial score (nSPS) is 26.4. The van der Waals surface area contributed by atoms with Gasteiger partial charge in [0, 0.05) is 77.8 Å². The number of fused-ring (bicyclic) bond motifs is 14. The summed E-state index contributed by atoms with van der Waals surface area (Å²) in [7, 11) is 8.72. The summed E-state index contributed by atoms with van der Waals surface area (Å²) in [6.07, 6.45) is 17.9. The predicted octanol–water partition coefficient (Wildman–Crippen LogP) is 7.79. The van der Waals surface area contributed by atoms with E-state index in [1.807, 2.05) is 0 Å². The first-order valence-electron chi connectivity index (χ1n) is 18.9. The van der Waals surface area contributed by atoms with E-state index in [0.717, 1.165) is 0 Å². The van der Waals surface area contributed by atoms with Gasteiger partial charge in [-0.2, -0.15) is 0 Å². The molecule has 8 aliphatic rings. The van der Waals surface area contributed by atoms with Gasteiger partial charge in [-0.25, -0.2) is 0 Å². The average molecular weight is 715 g/mol. The fraction of sp³-hybridized carbons (Fsp3) is 0.273. The number of benzene rings is 4. The van der Waals surface area contributed by atoms with Crippen LogP contribution in [-0.4, -0.2) is 71.7 Å². The molecule has 0 bridgehead atoms. The summed E-state index contributed by atoms with van der Waals surface area (Å²) in [6, 6.07) is 27.2. The topological polar surface area (TPSA) is 32.4 Å². The van der Waals surface area contributed by atoms with Gasteiger partial charge < -0.3 is 39.2 Å². The molecule has 54 heavy (non-hydrogen) atoms. The van der Waals surface area contributed by atoms with Crippen LogP contribution in [0.5, 0.6) is 0 Å². The zero-order valence-electron chi connectivity index (χ0n) is 32.2. The molecule has 8 heterocycles. The van der Waals surface area contributed by atoms with Crippen molar-refractivity contribution in [3.63, 3.8) is 0 Å². The van der Waals surface area contributed by atoms with Crippen LogP contribution in [0.2, 0.25) is 0 Å². The molecule has 4 aromatic carbocycles. The highest BCUT2D eigenvalue weighted by molar-refractivity contribution is 5.96. The first-order chi connectivity index (χ1) is 26.1. The molecule has 0 N–H and O–H groups in total. The monoisotopic (exact) mass is 714 g/mol. The van der Waals surface area contributed by atoms with Gasteiger partial charge in [0.15, 0.2) is 12.3 Å². The van der Waals surface area contributed by atoms with Gasteiger partial charge in [0.25, 0.3) is 0 Å². The third kappa shape index (κ3) is 3.52. The maximum Gasteiger partial charge on any atom is 0.241 e. The average Bonchev–Trinajstić information content (AvgIpc) is 3.98. The third-order valence-corrected chi connectivity index (χ3v) is 12.8. The lowest BCUT2D eigenvalue weighted by molar-refractivity contribution is 0.107. The van der Waals surface area contributed by atoms with Crippen molar-refractivity contribution < 1.29 is 0 Å². The molecule has 10 heteroatoms. The van der Waals surface area contributed by atoms with Crippen molar-refractivity contribution in [2.45, 2.75) is 51.6 Å². The summed E-state index contributed by atoms with van der Waals surface area (Å²) in [5.74, 6) is -0.701. The fourth-order valence-electron chi connectivity index (χ4n) is 10.5. The minimum absolute atomic E-state index is 0.138. The largest absolute Gasteiger partial charge is 0.354 e. The molecule has 0 aromatic heterocycles. The molecular weight excluding hydrogens is 669 g/mol. The first kappa shape index (κ1) is 31.4. The number of aryl methyl sites for hydroxylation is 4. The van der Waals surface area contributed by atoms with E-state index in [1.165, 1.54) is 67.8 Å². The van der Waals surface area contributed by atoms with E-state index >= 15 is 0 Å². The van der Waals surface area contributed by atoms with Crippen molar-refractivity contribution in [3.8, 4) is 0 Å². The zero-order chi connectivity index (χ0) is 37.0. The summed E-state index contributed by atoms with van der Waals surface area (Å²) in [4.78, 5) is 24.2. The Morgan fingerprint density at radius 2 is 0.704 bits per heavy atom. The van der Waals surface area contributed by atoms with Gasteiger partial charge >= 0.3 is 0 Å². The quantitative estimate of drug-likeness (QED) is 0.180. The molecular formula is C44H46N10. The maximum atomic E-state index is 2.53. The summed E-state index contributed by atoms with van der Waals surface area (Å²) < 4.78 is 0. The second-order valence-corrected chi connectivity index (χ2v) is 16.1. The molecule has 12 rings (SSSR count). The van der Waals surface area contributed by atoms with Crippen LogP contribution >= 0.6 is 0 Å². The van der Waals surface area contributed by atoms with E-state index in [2.05, 4.69) is 227 Å². The maximum absolute atomic E-state index is 2.53.